The maximum absolute atomic E-state index is 12.9. The summed E-state index contributed by atoms with van der Waals surface area (Å²) in [5.41, 5.74) is 0.0783. The molecule has 3 rings (SSSR count). The van der Waals surface area contributed by atoms with Gasteiger partial charge in [0.25, 0.3) is 0 Å². The van der Waals surface area contributed by atoms with Gasteiger partial charge in [-0.15, -0.1) is 0 Å². The van der Waals surface area contributed by atoms with E-state index in [1.807, 2.05) is 35.2 Å². The van der Waals surface area contributed by atoms with Crippen molar-refractivity contribution in [2.45, 2.75) is 25.4 Å². The number of amides is 2. The molecule has 1 aliphatic heterocycles. The Morgan fingerprint density at radius 3 is 2.32 bits per heavy atom. The van der Waals surface area contributed by atoms with Crippen LogP contribution in [0.3, 0.4) is 0 Å². The number of aliphatic hydroxyl groups is 1. The SMILES string of the molecule is CNC(=O)C1(C(=O)N2CCN(C[C@@H](O)c3ccccc3)CC2)CCC1. The van der Waals surface area contributed by atoms with Crippen LogP contribution >= 0.6 is 0 Å². The number of nitrogens with zero attached hydrogens (tertiary/aromatic N) is 2. The summed E-state index contributed by atoms with van der Waals surface area (Å²) < 4.78 is 0. The number of rotatable bonds is 5. The molecule has 1 aromatic carbocycles. The van der Waals surface area contributed by atoms with Crippen LogP contribution in [0.2, 0.25) is 0 Å². The quantitative estimate of drug-likeness (QED) is 0.774. The van der Waals surface area contributed by atoms with E-state index in [1.165, 1.54) is 0 Å². The predicted molar refractivity (Wildman–Crippen MR) is 94.8 cm³/mol. The molecule has 0 aromatic heterocycles. The van der Waals surface area contributed by atoms with Gasteiger partial charge in [0.15, 0.2) is 0 Å². The Labute approximate surface area is 148 Å². The van der Waals surface area contributed by atoms with Crippen molar-refractivity contribution in [3.05, 3.63) is 35.9 Å². The highest BCUT2D eigenvalue weighted by molar-refractivity contribution is 6.05. The average molecular weight is 345 g/mol. The zero-order valence-corrected chi connectivity index (χ0v) is 14.8. The van der Waals surface area contributed by atoms with E-state index in [2.05, 4.69) is 10.2 Å². The van der Waals surface area contributed by atoms with E-state index < -0.39 is 11.5 Å². The Morgan fingerprint density at radius 1 is 1.16 bits per heavy atom. The standard InChI is InChI=1S/C19H27N3O3/c1-20-17(24)19(8-5-9-19)18(25)22-12-10-21(11-13-22)14-16(23)15-6-3-2-4-7-15/h2-4,6-7,16,23H,5,8-14H2,1H3,(H,20,24)/t16-/m1/s1. The van der Waals surface area contributed by atoms with Gasteiger partial charge >= 0.3 is 0 Å². The minimum absolute atomic E-state index is 0.0265. The molecule has 0 radical (unpaired) electrons. The number of carbonyl (C=O) groups is 2. The van der Waals surface area contributed by atoms with Crippen molar-refractivity contribution < 1.29 is 14.7 Å². The minimum Gasteiger partial charge on any atom is -0.387 e. The van der Waals surface area contributed by atoms with Crippen LogP contribution in [0.25, 0.3) is 0 Å². The molecule has 1 saturated carbocycles. The summed E-state index contributed by atoms with van der Waals surface area (Å²) in [5, 5.41) is 13.0. The molecule has 2 aliphatic rings. The Hall–Kier alpha value is -1.92. The number of piperazine rings is 1. The van der Waals surface area contributed by atoms with Crippen LogP contribution in [0, 0.1) is 5.41 Å². The first-order valence-electron chi connectivity index (χ1n) is 9.04. The summed E-state index contributed by atoms with van der Waals surface area (Å²) in [4.78, 5) is 29.0. The van der Waals surface area contributed by atoms with E-state index in [9.17, 15) is 14.7 Å². The van der Waals surface area contributed by atoms with Crippen LogP contribution in [0.4, 0.5) is 0 Å². The highest BCUT2D eigenvalue weighted by atomic mass is 16.3. The lowest BCUT2D eigenvalue weighted by atomic mass is 9.67. The van der Waals surface area contributed by atoms with Gasteiger partial charge in [-0.05, 0) is 18.4 Å². The fourth-order valence-corrected chi connectivity index (χ4v) is 3.77. The maximum atomic E-state index is 12.9. The predicted octanol–water partition coefficient (Wildman–Crippen LogP) is 0.781. The summed E-state index contributed by atoms with van der Waals surface area (Å²) >= 11 is 0. The monoisotopic (exact) mass is 345 g/mol. The van der Waals surface area contributed by atoms with Gasteiger partial charge in [0.2, 0.25) is 11.8 Å². The summed E-state index contributed by atoms with van der Waals surface area (Å²) in [6.45, 7) is 3.23. The molecule has 25 heavy (non-hydrogen) atoms. The Balaban J connectivity index is 1.53. The van der Waals surface area contributed by atoms with Gasteiger partial charge < -0.3 is 15.3 Å². The molecule has 0 unspecified atom stereocenters. The van der Waals surface area contributed by atoms with Gasteiger partial charge in [-0.25, -0.2) is 0 Å². The van der Waals surface area contributed by atoms with Crippen LogP contribution < -0.4 is 5.32 Å². The molecule has 1 atom stereocenters. The third kappa shape index (κ3) is 3.55. The van der Waals surface area contributed by atoms with Gasteiger partial charge in [0.1, 0.15) is 5.41 Å². The number of aliphatic hydroxyl groups excluding tert-OH is 1. The summed E-state index contributed by atoms with van der Waals surface area (Å²) in [6.07, 6.45) is 1.71. The Morgan fingerprint density at radius 2 is 1.80 bits per heavy atom. The highest BCUT2D eigenvalue weighted by Crippen LogP contribution is 2.43. The van der Waals surface area contributed by atoms with Gasteiger partial charge in [-0.2, -0.15) is 0 Å². The molecule has 136 valence electrons. The largest absolute Gasteiger partial charge is 0.387 e. The maximum Gasteiger partial charge on any atom is 0.238 e. The van der Waals surface area contributed by atoms with E-state index >= 15 is 0 Å². The fraction of sp³-hybridized carbons (Fsp3) is 0.579. The number of hydrogen-bond donors (Lipinski definition) is 2. The van der Waals surface area contributed by atoms with Crippen LogP contribution in [-0.2, 0) is 9.59 Å². The molecule has 1 aromatic rings. The molecule has 2 N–H and O–H groups in total. The molecule has 6 nitrogen and oxygen atoms in total. The highest BCUT2D eigenvalue weighted by Gasteiger charge is 2.52. The van der Waals surface area contributed by atoms with Crippen molar-refractivity contribution in [1.82, 2.24) is 15.1 Å². The zero-order valence-electron chi connectivity index (χ0n) is 14.8. The van der Waals surface area contributed by atoms with Crippen molar-refractivity contribution in [2.24, 2.45) is 5.41 Å². The van der Waals surface area contributed by atoms with E-state index in [4.69, 9.17) is 0 Å². The van der Waals surface area contributed by atoms with Crippen molar-refractivity contribution >= 4 is 11.8 Å². The van der Waals surface area contributed by atoms with Gasteiger partial charge in [-0.3, -0.25) is 14.5 Å². The first kappa shape index (κ1) is 17.9. The normalized spacial score (nSPS) is 21.3. The zero-order chi connectivity index (χ0) is 17.9. The molecular formula is C19H27N3O3. The van der Waals surface area contributed by atoms with Gasteiger partial charge in [-0.1, -0.05) is 36.8 Å². The fourth-order valence-electron chi connectivity index (χ4n) is 3.77. The Bertz CT molecular complexity index is 608. The van der Waals surface area contributed by atoms with Crippen LogP contribution in [-0.4, -0.2) is 66.5 Å². The van der Waals surface area contributed by atoms with Crippen LogP contribution in [0.1, 0.15) is 30.9 Å². The number of nitrogens with one attached hydrogen (secondary N) is 1. The average Bonchev–Trinajstić information content (AvgIpc) is 2.61. The first-order valence-corrected chi connectivity index (χ1v) is 9.04. The second-order valence-corrected chi connectivity index (χ2v) is 7.03. The number of carbonyl (C=O) groups excluding carboxylic acids is 2. The molecule has 0 bridgehead atoms. The smallest absolute Gasteiger partial charge is 0.238 e. The summed E-state index contributed by atoms with van der Waals surface area (Å²) in [6, 6.07) is 9.63. The summed E-state index contributed by atoms with van der Waals surface area (Å²) in [5.74, 6) is -0.174. The summed E-state index contributed by atoms with van der Waals surface area (Å²) in [7, 11) is 1.60. The number of hydrogen-bond acceptors (Lipinski definition) is 4. The second kappa shape index (κ2) is 7.54. The topological polar surface area (TPSA) is 72.9 Å². The van der Waals surface area contributed by atoms with Gasteiger partial charge in [0, 0.05) is 39.8 Å². The van der Waals surface area contributed by atoms with Crippen LogP contribution in [0.5, 0.6) is 0 Å². The minimum atomic E-state index is -0.833. The van der Waals surface area contributed by atoms with E-state index in [1.54, 1.807) is 7.05 Å². The van der Waals surface area contributed by atoms with Crippen molar-refractivity contribution in [2.75, 3.05) is 39.8 Å². The van der Waals surface area contributed by atoms with E-state index in [0.29, 0.717) is 32.5 Å². The van der Waals surface area contributed by atoms with Gasteiger partial charge in [0.05, 0.1) is 6.10 Å². The second-order valence-electron chi connectivity index (χ2n) is 7.03. The first-order chi connectivity index (χ1) is 12.1. The van der Waals surface area contributed by atoms with Crippen molar-refractivity contribution in [1.29, 1.82) is 0 Å². The van der Waals surface area contributed by atoms with E-state index in [0.717, 1.165) is 25.1 Å². The molecule has 1 heterocycles. The molecule has 6 heteroatoms. The van der Waals surface area contributed by atoms with Crippen LogP contribution in [0.15, 0.2) is 30.3 Å². The number of benzene rings is 1. The molecule has 2 fully saturated rings. The molecule has 1 saturated heterocycles. The molecule has 2 amide bonds. The lowest BCUT2D eigenvalue weighted by Crippen LogP contribution is -2.59. The van der Waals surface area contributed by atoms with Crippen molar-refractivity contribution in [3.63, 3.8) is 0 Å². The lowest BCUT2D eigenvalue weighted by Gasteiger charge is -2.44. The number of β-amino-alcohol motifs (C(OH)–C–C–N with tert-alkyl or cyclic N) is 1. The molecule has 1 aliphatic carbocycles. The molecular weight excluding hydrogens is 318 g/mol. The van der Waals surface area contributed by atoms with Crippen molar-refractivity contribution in [3.8, 4) is 0 Å². The van der Waals surface area contributed by atoms with E-state index in [-0.39, 0.29) is 11.8 Å². The third-order valence-corrected chi connectivity index (χ3v) is 5.55. The molecule has 0 spiro atoms. The third-order valence-electron chi connectivity index (χ3n) is 5.55. The lowest BCUT2D eigenvalue weighted by molar-refractivity contribution is -0.158. The Kier molecular flexibility index (Phi) is 5.39.